The summed E-state index contributed by atoms with van der Waals surface area (Å²) < 4.78 is 1.37. The number of pyridine rings is 1. The van der Waals surface area contributed by atoms with Crippen LogP contribution >= 0.6 is 0 Å². The molecule has 0 spiro atoms. The van der Waals surface area contributed by atoms with Gasteiger partial charge in [-0.2, -0.15) is 0 Å². The highest BCUT2D eigenvalue weighted by Gasteiger charge is 2.18. The largest absolute Gasteiger partial charge is 0.480 e. The lowest BCUT2D eigenvalue weighted by Gasteiger charge is -2.07. The van der Waals surface area contributed by atoms with E-state index in [9.17, 15) is 4.79 Å². The van der Waals surface area contributed by atoms with Gasteiger partial charge in [0.05, 0.1) is 11.3 Å². The van der Waals surface area contributed by atoms with E-state index in [1.165, 1.54) is 11.0 Å². The molecule has 0 aliphatic carbocycles. The number of carbonyl (C=O) groups is 1. The van der Waals surface area contributed by atoms with Crippen molar-refractivity contribution in [2.24, 2.45) is 0 Å². The van der Waals surface area contributed by atoms with Gasteiger partial charge in [-0.1, -0.05) is 13.3 Å². The lowest BCUT2D eigenvalue weighted by atomic mass is 10.1. The lowest BCUT2D eigenvalue weighted by Crippen LogP contribution is -2.12. The molecule has 8 heteroatoms. The molecule has 3 heterocycles. The van der Waals surface area contributed by atoms with Gasteiger partial charge < -0.3 is 5.11 Å². The SMILES string of the molecule is CCCc1ncncc1-c1nc(-c2ccncc2)nn1CC(=O)O. The van der Waals surface area contributed by atoms with Gasteiger partial charge in [-0.3, -0.25) is 9.78 Å². The molecular formula is C16H16N6O2. The molecule has 0 aliphatic heterocycles. The van der Waals surface area contributed by atoms with Gasteiger partial charge in [-0.25, -0.2) is 19.6 Å². The smallest absolute Gasteiger partial charge is 0.325 e. The zero-order valence-corrected chi connectivity index (χ0v) is 13.1. The molecule has 0 atom stereocenters. The van der Waals surface area contributed by atoms with Gasteiger partial charge in [-0.15, -0.1) is 5.10 Å². The quantitative estimate of drug-likeness (QED) is 0.737. The van der Waals surface area contributed by atoms with Crippen LogP contribution in [0.3, 0.4) is 0 Å². The Morgan fingerprint density at radius 1 is 1.25 bits per heavy atom. The Kier molecular flexibility index (Phi) is 4.55. The van der Waals surface area contributed by atoms with Crippen LogP contribution in [-0.4, -0.2) is 40.8 Å². The third-order valence-corrected chi connectivity index (χ3v) is 3.42. The number of aromatic nitrogens is 6. The summed E-state index contributed by atoms with van der Waals surface area (Å²) in [6.07, 6.45) is 8.08. The summed E-state index contributed by atoms with van der Waals surface area (Å²) in [5.74, 6) is -0.0930. The predicted molar refractivity (Wildman–Crippen MR) is 85.9 cm³/mol. The minimum atomic E-state index is -0.990. The summed E-state index contributed by atoms with van der Waals surface area (Å²) in [4.78, 5) is 28.0. The first-order valence-electron chi connectivity index (χ1n) is 7.55. The van der Waals surface area contributed by atoms with Crippen molar-refractivity contribution in [3.8, 4) is 22.8 Å². The lowest BCUT2D eigenvalue weighted by molar-refractivity contribution is -0.137. The maximum Gasteiger partial charge on any atom is 0.325 e. The van der Waals surface area contributed by atoms with E-state index >= 15 is 0 Å². The summed E-state index contributed by atoms with van der Waals surface area (Å²) in [5, 5.41) is 13.5. The molecule has 0 amide bonds. The number of rotatable bonds is 6. The Labute approximate surface area is 138 Å². The number of carboxylic acid groups (broad SMARTS) is 1. The molecule has 0 saturated heterocycles. The molecule has 3 aromatic heterocycles. The number of hydrogen-bond donors (Lipinski definition) is 1. The molecule has 122 valence electrons. The fourth-order valence-corrected chi connectivity index (χ4v) is 2.38. The van der Waals surface area contributed by atoms with Crippen LogP contribution in [0.2, 0.25) is 0 Å². The molecule has 8 nitrogen and oxygen atoms in total. The molecule has 0 saturated carbocycles. The zero-order valence-electron chi connectivity index (χ0n) is 13.1. The second-order valence-electron chi connectivity index (χ2n) is 5.18. The average molecular weight is 324 g/mol. The van der Waals surface area contributed by atoms with Crippen molar-refractivity contribution in [2.75, 3.05) is 0 Å². The van der Waals surface area contributed by atoms with Gasteiger partial charge in [0.2, 0.25) is 0 Å². The number of nitrogens with zero attached hydrogens (tertiary/aromatic N) is 6. The Hall–Kier alpha value is -3.16. The highest BCUT2D eigenvalue weighted by atomic mass is 16.4. The molecule has 0 fully saturated rings. The molecule has 3 aromatic rings. The van der Waals surface area contributed by atoms with E-state index in [4.69, 9.17) is 5.11 Å². The van der Waals surface area contributed by atoms with E-state index in [1.54, 1.807) is 30.7 Å². The topological polar surface area (TPSA) is 107 Å². The van der Waals surface area contributed by atoms with Crippen LogP contribution in [-0.2, 0) is 17.8 Å². The van der Waals surface area contributed by atoms with Gasteiger partial charge in [0, 0.05) is 24.2 Å². The van der Waals surface area contributed by atoms with E-state index in [1.807, 2.05) is 0 Å². The fraction of sp³-hybridized carbons (Fsp3) is 0.250. The van der Waals surface area contributed by atoms with Crippen molar-refractivity contribution < 1.29 is 9.90 Å². The molecule has 0 aliphatic rings. The third-order valence-electron chi connectivity index (χ3n) is 3.42. The highest BCUT2D eigenvalue weighted by molar-refractivity contribution is 5.69. The molecular weight excluding hydrogens is 308 g/mol. The van der Waals surface area contributed by atoms with E-state index in [0.29, 0.717) is 17.2 Å². The Balaban J connectivity index is 2.12. The minimum Gasteiger partial charge on any atom is -0.480 e. The molecule has 24 heavy (non-hydrogen) atoms. The first kappa shape index (κ1) is 15.7. The first-order chi connectivity index (χ1) is 11.7. The summed E-state index contributed by atoms with van der Waals surface area (Å²) in [6, 6.07) is 3.55. The van der Waals surface area contributed by atoms with E-state index in [-0.39, 0.29) is 6.54 Å². The summed E-state index contributed by atoms with van der Waals surface area (Å²) >= 11 is 0. The van der Waals surface area contributed by atoms with Crippen LogP contribution in [0.15, 0.2) is 37.1 Å². The highest BCUT2D eigenvalue weighted by Crippen LogP contribution is 2.24. The molecule has 0 bridgehead atoms. The van der Waals surface area contributed by atoms with Crippen molar-refractivity contribution >= 4 is 5.97 Å². The first-order valence-corrected chi connectivity index (χ1v) is 7.55. The molecule has 1 N–H and O–H groups in total. The Morgan fingerprint density at radius 3 is 2.75 bits per heavy atom. The van der Waals surface area contributed by atoms with Crippen molar-refractivity contribution in [3.63, 3.8) is 0 Å². The molecule has 0 radical (unpaired) electrons. The van der Waals surface area contributed by atoms with Gasteiger partial charge in [0.1, 0.15) is 12.9 Å². The standard InChI is InChI=1S/C16H16N6O2/c1-2-3-13-12(8-18-10-19-13)16-20-15(11-4-6-17-7-5-11)21-22(16)9-14(23)24/h4-8,10H,2-3,9H2,1H3,(H,23,24). The fourth-order valence-electron chi connectivity index (χ4n) is 2.38. The van der Waals surface area contributed by atoms with Gasteiger partial charge in [0.25, 0.3) is 0 Å². The van der Waals surface area contributed by atoms with Crippen LogP contribution in [0.4, 0.5) is 0 Å². The number of aliphatic carboxylic acids is 1. The maximum absolute atomic E-state index is 11.2. The summed E-state index contributed by atoms with van der Waals surface area (Å²) in [7, 11) is 0. The summed E-state index contributed by atoms with van der Waals surface area (Å²) in [5.41, 5.74) is 2.30. The maximum atomic E-state index is 11.2. The third kappa shape index (κ3) is 3.27. The van der Waals surface area contributed by atoms with Crippen molar-refractivity contribution in [1.82, 2.24) is 29.7 Å². The molecule has 0 aromatic carbocycles. The van der Waals surface area contributed by atoms with E-state index in [0.717, 1.165) is 24.1 Å². The normalized spacial score (nSPS) is 10.7. The number of aryl methyl sites for hydroxylation is 1. The van der Waals surface area contributed by atoms with E-state index < -0.39 is 5.97 Å². The monoisotopic (exact) mass is 324 g/mol. The molecule has 3 rings (SSSR count). The Bertz CT molecular complexity index is 847. The second-order valence-corrected chi connectivity index (χ2v) is 5.18. The second kappa shape index (κ2) is 6.95. The van der Waals surface area contributed by atoms with Crippen LogP contribution in [0.5, 0.6) is 0 Å². The van der Waals surface area contributed by atoms with Crippen LogP contribution in [0.25, 0.3) is 22.8 Å². The van der Waals surface area contributed by atoms with Gasteiger partial charge in [-0.05, 0) is 18.6 Å². The predicted octanol–water partition coefficient (Wildman–Crippen LogP) is 1.83. The molecule has 0 unspecified atom stereocenters. The van der Waals surface area contributed by atoms with Crippen molar-refractivity contribution in [1.29, 1.82) is 0 Å². The number of hydrogen-bond acceptors (Lipinski definition) is 6. The summed E-state index contributed by atoms with van der Waals surface area (Å²) in [6.45, 7) is 1.77. The average Bonchev–Trinajstić information content (AvgIpc) is 2.99. The minimum absolute atomic E-state index is 0.284. The van der Waals surface area contributed by atoms with E-state index in [2.05, 4.69) is 32.0 Å². The van der Waals surface area contributed by atoms with Crippen LogP contribution in [0.1, 0.15) is 19.0 Å². The van der Waals surface area contributed by atoms with Crippen LogP contribution in [0, 0.1) is 0 Å². The number of carboxylic acids is 1. The van der Waals surface area contributed by atoms with Gasteiger partial charge in [0.15, 0.2) is 11.6 Å². The van der Waals surface area contributed by atoms with Gasteiger partial charge >= 0.3 is 5.97 Å². The van der Waals surface area contributed by atoms with Crippen molar-refractivity contribution in [2.45, 2.75) is 26.3 Å². The Morgan fingerprint density at radius 2 is 2.04 bits per heavy atom. The van der Waals surface area contributed by atoms with Crippen LogP contribution < -0.4 is 0 Å². The zero-order chi connectivity index (χ0) is 16.9. The van der Waals surface area contributed by atoms with Crippen molar-refractivity contribution in [3.05, 3.63) is 42.7 Å².